The predicted molar refractivity (Wildman–Crippen MR) is 24.1 cm³/mol. The van der Waals surface area contributed by atoms with Gasteiger partial charge >= 0.3 is 0 Å². The van der Waals surface area contributed by atoms with Gasteiger partial charge in [0.1, 0.15) is 0 Å². The smallest absolute Gasteiger partial charge is 0.00576 e. The molecular weight excluding hydrogens is 62.1 g/mol. The molecule has 0 aliphatic rings. The first-order valence-corrected chi connectivity index (χ1v) is 1.35. The molecule has 1 nitrogen and oxygen atoms in total. The fourth-order valence-corrected chi connectivity index (χ4v) is 0. The van der Waals surface area contributed by atoms with Crippen LogP contribution in [0.25, 0.3) is 0 Å². The van der Waals surface area contributed by atoms with Gasteiger partial charge in [0.25, 0.3) is 0 Å². The van der Waals surface area contributed by atoms with Gasteiger partial charge in [-0.05, 0) is 0 Å². The molecule has 0 atom stereocenters. The number of rotatable bonds is 0. The van der Waals surface area contributed by atoms with Crippen LogP contribution in [0.15, 0.2) is 0 Å². The number of terminal acetylenes is 1. The van der Waals surface area contributed by atoms with E-state index in [-0.39, 0.29) is 6.15 Å². The van der Waals surface area contributed by atoms with Gasteiger partial charge < -0.3 is 6.15 Å². The van der Waals surface area contributed by atoms with Crippen LogP contribution in [0.1, 0.15) is 13.3 Å². The quantitative estimate of drug-likeness (QED) is 0.428. The molecule has 0 saturated heterocycles. The highest BCUT2D eigenvalue weighted by molar-refractivity contribution is 4.80. The monoisotopic (exact) mass is 71.1 g/mol. The van der Waals surface area contributed by atoms with Crippen molar-refractivity contribution in [3.05, 3.63) is 0 Å². The molecule has 0 fully saturated rings. The summed E-state index contributed by atoms with van der Waals surface area (Å²) in [5.41, 5.74) is 0. The van der Waals surface area contributed by atoms with Crippen LogP contribution in [0.4, 0.5) is 0 Å². The van der Waals surface area contributed by atoms with Gasteiger partial charge in [0, 0.05) is 6.42 Å². The van der Waals surface area contributed by atoms with Gasteiger partial charge in [-0.3, -0.25) is 0 Å². The lowest BCUT2D eigenvalue weighted by Gasteiger charge is -1.52. The van der Waals surface area contributed by atoms with Crippen molar-refractivity contribution in [3.63, 3.8) is 0 Å². The fraction of sp³-hybridized carbons (Fsp3) is 0.500. The van der Waals surface area contributed by atoms with Gasteiger partial charge in [-0.1, -0.05) is 6.92 Å². The highest BCUT2D eigenvalue weighted by Gasteiger charge is 1.43. The zero-order valence-electron chi connectivity index (χ0n) is 3.49. The average Bonchev–Trinajstić information content (AvgIpc) is 1.37. The Balaban J connectivity index is 0. The minimum atomic E-state index is 0. The third kappa shape index (κ3) is 30.1. The largest absolute Gasteiger partial charge is 0.344 e. The molecule has 0 radical (unpaired) electrons. The van der Waals surface area contributed by atoms with Crippen molar-refractivity contribution in [2.45, 2.75) is 13.3 Å². The van der Waals surface area contributed by atoms with E-state index in [9.17, 15) is 0 Å². The molecule has 0 heterocycles. The van der Waals surface area contributed by atoms with Crippen LogP contribution in [0, 0.1) is 12.3 Å². The summed E-state index contributed by atoms with van der Waals surface area (Å²) >= 11 is 0. The van der Waals surface area contributed by atoms with E-state index in [2.05, 4.69) is 5.92 Å². The van der Waals surface area contributed by atoms with Crippen molar-refractivity contribution in [2.24, 2.45) is 0 Å². The highest BCUT2D eigenvalue weighted by atomic mass is 14.0. The van der Waals surface area contributed by atoms with Gasteiger partial charge in [0.2, 0.25) is 0 Å². The van der Waals surface area contributed by atoms with Crippen molar-refractivity contribution >= 4 is 0 Å². The molecule has 0 bridgehead atoms. The zero-order chi connectivity index (χ0) is 3.41. The molecule has 0 amide bonds. The lowest BCUT2D eigenvalue weighted by molar-refractivity contribution is 1.28. The van der Waals surface area contributed by atoms with E-state index >= 15 is 0 Å². The van der Waals surface area contributed by atoms with E-state index in [4.69, 9.17) is 6.42 Å². The Bertz CT molecular complexity index is 33.4. The molecule has 0 saturated carbocycles. The SMILES string of the molecule is C#CCC.N. The molecule has 0 aromatic heterocycles. The Hall–Kier alpha value is -0.480. The summed E-state index contributed by atoms with van der Waals surface area (Å²) in [6.07, 6.45) is 5.62. The Kier molecular flexibility index (Phi) is 17.1. The summed E-state index contributed by atoms with van der Waals surface area (Å²) in [7, 11) is 0. The normalized spacial score (nSPS) is 4.00. The van der Waals surface area contributed by atoms with E-state index in [1.165, 1.54) is 0 Å². The second-order valence-electron chi connectivity index (χ2n) is 0.558. The Morgan fingerprint density at radius 1 is 1.80 bits per heavy atom. The molecule has 0 spiro atoms. The third-order valence-corrected chi connectivity index (χ3v) is 0.204. The summed E-state index contributed by atoms with van der Waals surface area (Å²) in [6, 6.07) is 0. The molecule has 0 aliphatic carbocycles. The van der Waals surface area contributed by atoms with E-state index in [1.807, 2.05) is 6.92 Å². The van der Waals surface area contributed by atoms with Crippen molar-refractivity contribution in [1.82, 2.24) is 6.15 Å². The average molecular weight is 71.1 g/mol. The maximum atomic E-state index is 4.78. The molecule has 0 unspecified atom stereocenters. The van der Waals surface area contributed by atoms with E-state index in [0.29, 0.717) is 0 Å². The lowest BCUT2D eigenvalue weighted by atomic mass is 10.5. The first-order valence-electron chi connectivity index (χ1n) is 1.35. The van der Waals surface area contributed by atoms with Crippen molar-refractivity contribution in [3.8, 4) is 12.3 Å². The van der Waals surface area contributed by atoms with Gasteiger partial charge in [-0.15, -0.1) is 12.3 Å². The number of hydrogen-bond acceptors (Lipinski definition) is 1. The van der Waals surface area contributed by atoms with Gasteiger partial charge in [-0.2, -0.15) is 0 Å². The molecule has 0 aromatic rings. The summed E-state index contributed by atoms with van der Waals surface area (Å²) in [5.74, 6) is 2.43. The third-order valence-electron chi connectivity index (χ3n) is 0.204. The van der Waals surface area contributed by atoms with Crippen molar-refractivity contribution < 1.29 is 0 Å². The Labute approximate surface area is 33.0 Å². The van der Waals surface area contributed by atoms with Crippen LogP contribution in [0.3, 0.4) is 0 Å². The zero-order valence-corrected chi connectivity index (χ0v) is 3.49. The maximum absolute atomic E-state index is 4.78. The van der Waals surface area contributed by atoms with E-state index in [0.717, 1.165) is 6.42 Å². The summed E-state index contributed by atoms with van der Waals surface area (Å²) in [5, 5.41) is 0. The molecule has 0 aromatic carbocycles. The Morgan fingerprint density at radius 3 is 2.00 bits per heavy atom. The van der Waals surface area contributed by atoms with Crippen LogP contribution < -0.4 is 6.15 Å². The highest BCUT2D eigenvalue weighted by Crippen LogP contribution is 1.58. The lowest BCUT2D eigenvalue weighted by Crippen LogP contribution is -1.38. The van der Waals surface area contributed by atoms with Crippen LogP contribution in [0.5, 0.6) is 0 Å². The second-order valence-corrected chi connectivity index (χ2v) is 0.558. The first kappa shape index (κ1) is 8.82. The maximum Gasteiger partial charge on any atom is 0.00576 e. The van der Waals surface area contributed by atoms with Crippen molar-refractivity contribution in [1.29, 1.82) is 0 Å². The topological polar surface area (TPSA) is 35.0 Å². The van der Waals surface area contributed by atoms with Crippen LogP contribution in [-0.2, 0) is 0 Å². The Morgan fingerprint density at radius 2 is 2.00 bits per heavy atom. The molecular formula is C4H9N. The van der Waals surface area contributed by atoms with E-state index < -0.39 is 0 Å². The first-order chi connectivity index (χ1) is 1.91. The molecule has 0 aliphatic heterocycles. The minimum absolute atomic E-state index is 0. The molecule has 1 heteroatoms. The van der Waals surface area contributed by atoms with Crippen LogP contribution in [0.2, 0.25) is 0 Å². The van der Waals surface area contributed by atoms with Gasteiger partial charge in [0.05, 0.1) is 0 Å². The van der Waals surface area contributed by atoms with Gasteiger partial charge in [-0.25, -0.2) is 0 Å². The minimum Gasteiger partial charge on any atom is -0.344 e. The standard InChI is InChI=1S/C4H6.H3N/c1-3-4-2;/h1H,4H2,2H3;1H3. The molecule has 30 valence electrons. The predicted octanol–water partition coefficient (Wildman–Crippen LogP) is 1.19. The van der Waals surface area contributed by atoms with Crippen LogP contribution in [-0.4, -0.2) is 0 Å². The molecule has 5 heavy (non-hydrogen) atoms. The van der Waals surface area contributed by atoms with Crippen molar-refractivity contribution in [2.75, 3.05) is 0 Å². The number of hydrogen-bond donors (Lipinski definition) is 1. The summed E-state index contributed by atoms with van der Waals surface area (Å²) < 4.78 is 0. The molecule has 0 rings (SSSR count). The summed E-state index contributed by atoms with van der Waals surface area (Å²) in [4.78, 5) is 0. The van der Waals surface area contributed by atoms with Gasteiger partial charge in [0.15, 0.2) is 0 Å². The van der Waals surface area contributed by atoms with E-state index in [1.54, 1.807) is 0 Å². The second kappa shape index (κ2) is 9.68. The summed E-state index contributed by atoms with van der Waals surface area (Å²) in [6.45, 7) is 1.94. The molecule has 3 N–H and O–H groups in total. The fourth-order valence-electron chi connectivity index (χ4n) is 0. The van der Waals surface area contributed by atoms with Crippen LogP contribution >= 0.6 is 0 Å².